The van der Waals surface area contributed by atoms with Crippen LogP contribution in [0.25, 0.3) is 0 Å². The molecule has 1 aliphatic heterocycles. The number of halogens is 2. The van der Waals surface area contributed by atoms with E-state index in [4.69, 9.17) is 11.6 Å². The van der Waals surface area contributed by atoms with Gasteiger partial charge in [-0.05, 0) is 68.5 Å². The first-order valence-electron chi connectivity index (χ1n) is 10.1. The normalized spacial score (nSPS) is 28.0. The summed E-state index contributed by atoms with van der Waals surface area (Å²) in [5.74, 6) is 6.22. The van der Waals surface area contributed by atoms with E-state index in [1.165, 1.54) is 0 Å². The fraction of sp³-hybridized carbons (Fsp3) is 0.667. The molecule has 0 radical (unpaired) electrons. The van der Waals surface area contributed by atoms with Crippen LogP contribution in [-0.4, -0.2) is 48.7 Å². The Labute approximate surface area is 177 Å². The average Bonchev–Trinajstić information content (AvgIpc) is 2.73. The SMILES string of the molecule is C#C.CC1=CC(CNCC2CCN(CCC(C)(C)C)CC2F)=CC(C)(Cl)C#C1. The highest BCUT2D eigenvalue weighted by molar-refractivity contribution is 6.27. The predicted octanol–water partition coefficient (Wildman–Crippen LogP) is 4.81. The molecule has 3 unspecified atom stereocenters. The summed E-state index contributed by atoms with van der Waals surface area (Å²) in [5, 5.41) is 3.43. The number of rotatable bonds is 6. The van der Waals surface area contributed by atoms with Crippen LogP contribution in [0.5, 0.6) is 0 Å². The van der Waals surface area contributed by atoms with Crippen molar-refractivity contribution in [3.05, 3.63) is 23.3 Å². The van der Waals surface area contributed by atoms with Crippen molar-refractivity contribution in [2.45, 2.75) is 58.5 Å². The van der Waals surface area contributed by atoms with E-state index in [1.807, 2.05) is 19.9 Å². The first-order chi connectivity index (χ1) is 13.0. The van der Waals surface area contributed by atoms with Gasteiger partial charge in [0.2, 0.25) is 0 Å². The van der Waals surface area contributed by atoms with Crippen LogP contribution < -0.4 is 5.32 Å². The molecule has 0 amide bonds. The molecule has 1 saturated heterocycles. The average molecular weight is 407 g/mol. The van der Waals surface area contributed by atoms with E-state index >= 15 is 0 Å². The van der Waals surface area contributed by atoms with Crippen LogP contribution in [0, 0.1) is 36.0 Å². The van der Waals surface area contributed by atoms with Gasteiger partial charge in [-0.15, -0.1) is 24.4 Å². The molecule has 1 heterocycles. The Hall–Kier alpha value is -1.26. The van der Waals surface area contributed by atoms with Crippen molar-refractivity contribution >= 4 is 11.6 Å². The van der Waals surface area contributed by atoms with Gasteiger partial charge in [-0.2, -0.15) is 0 Å². The van der Waals surface area contributed by atoms with Crippen LogP contribution in [0.1, 0.15) is 47.5 Å². The lowest BCUT2D eigenvalue weighted by molar-refractivity contribution is 0.0773. The molecule has 28 heavy (non-hydrogen) atoms. The molecule has 156 valence electrons. The Morgan fingerprint density at radius 1 is 1.39 bits per heavy atom. The van der Waals surface area contributed by atoms with Crippen LogP contribution >= 0.6 is 11.6 Å². The lowest BCUT2D eigenvalue weighted by Crippen LogP contribution is -2.46. The fourth-order valence-corrected chi connectivity index (χ4v) is 3.60. The highest BCUT2D eigenvalue weighted by Crippen LogP contribution is 2.24. The van der Waals surface area contributed by atoms with Gasteiger partial charge in [0, 0.05) is 25.6 Å². The van der Waals surface area contributed by atoms with Gasteiger partial charge in [-0.3, -0.25) is 0 Å². The molecule has 4 heteroatoms. The summed E-state index contributed by atoms with van der Waals surface area (Å²) in [4.78, 5) is 1.65. The van der Waals surface area contributed by atoms with Gasteiger partial charge in [0.1, 0.15) is 11.0 Å². The lowest BCUT2D eigenvalue weighted by Gasteiger charge is -2.36. The molecule has 0 aromatic rings. The molecule has 0 saturated carbocycles. The fourth-order valence-electron chi connectivity index (χ4n) is 3.41. The Balaban J connectivity index is 0.00000190. The topological polar surface area (TPSA) is 15.3 Å². The molecule has 2 aliphatic rings. The van der Waals surface area contributed by atoms with Gasteiger partial charge in [-0.25, -0.2) is 4.39 Å². The van der Waals surface area contributed by atoms with Gasteiger partial charge in [-0.1, -0.05) is 32.6 Å². The van der Waals surface area contributed by atoms with Gasteiger partial charge < -0.3 is 10.2 Å². The molecule has 0 aromatic heterocycles. The second-order valence-corrected chi connectivity index (χ2v) is 9.96. The molecule has 0 bridgehead atoms. The van der Waals surface area contributed by atoms with Gasteiger partial charge in [0.15, 0.2) is 0 Å². The number of hydrogen-bond acceptors (Lipinski definition) is 2. The predicted molar refractivity (Wildman–Crippen MR) is 120 cm³/mol. The first-order valence-corrected chi connectivity index (χ1v) is 10.4. The number of nitrogens with zero attached hydrogens (tertiary/aromatic N) is 1. The summed E-state index contributed by atoms with van der Waals surface area (Å²) in [7, 11) is 0. The zero-order valence-electron chi connectivity index (χ0n) is 18.1. The molecule has 2 rings (SSSR count). The highest BCUT2D eigenvalue weighted by Gasteiger charge is 2.29. The number of allylic oxidation sites excluding steroid dienone is 2. The van der Waals surface area contributed by atoms with E-state index < -0.39 is 11.0 Å². The van der Waals surface area contributed by atoms with Gasteiger partial charge in [0.25, 0.3) is 0 Å². The third-order valence-corrected chi connectivity index (χ3v) is 5.24. The lowest BCUT2D eigenvalue weighted by atomic mass is 9.90. The number of terminal acetylenes is 1. The Bertz CT molecular complexity index is 643. The maximum Gasteiger partial charge on any atom is 0.121 e. The number of piperidine rings is 1. The van der Waals surface area contributed by atoms with E-state index in [2.05, 4.69) is 61.8 Å². The summed E-state index contributed by atoms with van der Waals surface area (Å²) in [6, 6.07) is 0. The van der Waals surface area contributed by atoms with E-state index in [0.29, 0.717) is 25.0 Å². The Morgan fingerprint density at radius 3 is 2.68 bits per heavy atom. The van der Waals surface area contributed by atoms with Crippen molar-refractivity contribution in [3.8, 4) is 24.7 Å². The number of nitrogens with one attached hydrogen (secondary N) is 1. The summed E-state index contributed by atoms with van der Waals surface area (Å²) < 4.78 is 14.6. The first kappa shape index (κ1) is 24.8. The van der Waals surface area contributed by atoms with Crippen LogP contribution in [0.15, 0.2) is 23.3 Å². The van der Waals surface area contributed by atoms with Crippen molar-refractivity contribution < 1.29 is 4.39 Å². The Morgan fingerprint density at radius 2 is 2.07 bits per heavy atom. The molecule has 1 fully saturated rings. The Kier molecular flexibility index (Phi) is 9.79. The monoisotopic (exact) mass is 406 g/mol. The highest BCUT2D eigenvalue weighted by atomic mass is 35.5. The summed E-state index contributed by atoms with van der Waals surface area (Å²) in [6.45, 7) is 14.6. The molecule has 2 nitrogen and oxygen atoms in total. The molecule has 0 spiro atoms. The van der Waals surface area contributed by atoms with Crippen LogP contribution in [0.4, 0.5) is 4.39 Å². The standard InChI is InChI=1S/C22H34ClFN2.C2H2/c1-17-6-8-22(5,23)13-18(12-17)14-25-15-19-7-10-26(16-20(19)24)11-9-21(2,3)4;1-2/h12-13,19-20,25H,7,9-11,14-16H2,1-5H3;1-2H. The quantitative estimate of drug-likeness (QED) is 0.503. The number of hydrogen-bond donors (Lipinski definition) is 1. The van der Waals surface area contributed by atoms with Crippen LogP contribution in [-0.2, 0) is 0 Å². The molecular weight excluding hydrogens is 371 g/mol. The van der Waals surface area contributed by atoms with Gasteiger partial charge in [0.05, 0.1) is 0 Å². The van der Waals surface area contributed by atoms with Crippen molar-refractivity contribution in [1.82, 2.24) is 10.2 Å². The number of likely N-dealkylation sites (tertiary alicyclic amines) is 1. The maximum atomic E-state index is 14.6. The second kappa shape index (κ2) is 11.1. The third kappa shape index (κ3) is 9.29. The van der Waals surface area contributed by atoms with E-state index in [0.717, 1.165) is 37.1 Å². The smallest absolute Gasteiger partial charge is 0.121 e. The van der Waals surface area contributed by atoms with Crippen molar-refractivity contribution in [3.63, 3.8) is 0 Å². The minimum atomic E-state index is -0.752. The second-order valence-electron chi connectivity index (χ2n) is 9.18. The summed E-state index contributed by atoms with van der Waals surface area (Å²) in [6.07, 6.45) is 13.3. The van der Waals surface area contributed by atoms with Gasteiger partial charge >= 0.3 is 0 Å². The summed E-state index contributed by atoms with van der Waals surface area (Å²) in [5.41, 5.74) is 2.43. The summed E-state index contributed by atoms with van der Waals surface area (Å²) >= 11 is 6.39. The van der Waals surface area contributed by atoms with E-state index in [-0.39, 0.29) is 5.92 Å². The molecular formula is C24H36ClFN2. The largest absolute Gasteiger partial charge is 0.312 e. The number of alkyl halides is 2. The zero-order chi connectivity index (χ0) is 21.4. The molecule has 1 aliphatic carbocycles. The molecule has 0 aromatic carbocycles. The van der Waals surface area contributed by atoms with E-state index in [1.54, 1.807) is 0 Å². The van der Waals surface area contributed by atoms with Crippen LogP contribution in [0.3, 0.4) is 0 Å². The van der Waals surface area contributed by atoms with Crippen molar-refractivity contribution in [2.24, 2.45) is 11.3 Å². The minimum Gasteiger partial charge on any atom is -0.312 e. The zero-order valence-corrected chi connectivity index (χ0v) is 18.9. The van der Waals surface area contributed by atoms with E-state index in [9.17, 15) is 4.39 Å². The third-order valence-electron chi connectivity index (χ3n) is 5.04. The molecule has 1 N–H and O–H groups in total. The maximum absolute atomic E-state index is 14.6. The van der Waals surface area contributed by atoms with Crippen molar-refractivity contribution in [1.29, 1.82) is 0 Å². The van der Waals surface area contributed by atoms with Crippen LogP contribution in [0.2, 0.25) is 0 Å². The minimum absolute atomic E-state index is 0.0935. The van der Waals surface area contributed by atoms with Crippen molar-refractivity contribution in [2.75, 3.05) is 32.7 Å². The molecule has 3 atom stereocenters.